The summed E-state index contributed by atoms with van der Waals surface area (Å²) < 4.78 is 0. The van der Waals surface area contributed by atoms with Crippen LogP contribution in [0, 0.1) is 0 Å². The molecular formula is C60H95N17O13. The SMILES string of the molecule is CCCCCCCC(=O)N[C@@H](CCN)C(=O)N[C@H](C(=O)N[C@@H](CCN)C(=O)N[C@H]1CCNC(=O)[C@H]([C@@H](C)O)NC(=O)[C@H](CCN)NC(=O)[C@H](CCN)NC(=O)[C@H](Cc2c[nH]c3ccccc23)NC(=O)[C@@H](Cc2ccccc2)NC(=O)[C@H](CCN)NC1=O)[C@@H](C)O. The minimum Gasteiger partial charge on any atom is -0.391 e. The van der Waals surface area contributed by atoms with Crippen molar-refractivity contribution in [2.75, 3.05) is 39.3 Å². The van der Waals surface area contributed by atoms with Gasteiger partial charge < -0.3 is 102 Å². The van der Waals surface area contributed by atoms with Gasteiger partial charge in [0.2, 0.25) is 65.0 Å². The van der Waals surface area contributed by atoms with E-state index >= 15 is 0 Å². The van der Waals surface area contributed by atoms with Crippen LogP contribution in [0.5, 0.6) is 0 Å². The summed E-state index contributed by atoms with van der Waals surface area (Å²) in [4.78, 5) is 159. The van der Waals surface area contributed by atoms with Crippen LogP contribution in [0.4, 0.5) is 0 Å². The molecule has 0 radical (unpaired) electrons. The molecule has 1 fully saturated rings. The summed E-state index contributed by atoms with van der Waals surface area (Å²) in [5.74, 6) is -9.93. The van der Waals surface area contributed by atoms with Crippen LogP contribution in [0.3, 0.4) is 0 Å². The molecule has 1 saturated heterocycles. The molecule has 12 atom stereocenters. The summed E-state index contributed by atoms with van der Waals surface area (Å²) in [6.07, 6.45) is 1.29. The molecule has 4 rings (SSSR count). The molecule has 0 spiro atoms. The molecule has 1 aliphatic rings. The van der Waals surface area contributed by atoms with E-state index in [0.29, 0.717) is 28.5 Å². The first-order chi connectivity index (χ1) is 43.1. The normalized spacial score (nSPS) is 21.9. The van der Waals surface area contributed by atoms with Crippen LogP contribution in [0.15, 0.2) is 60.8 Å². The van der Waals surface area contributed by atoms with E-state index in [4.69, 9.17) is 28.7 Å². The van der Waals surface area contributed by atoms with Crippen LogP contribution in [0.2, 0.25) is 0 Å². The van der Waals surface area contributed by atoms with E-state index < -0.39 is 151 Å². The monoisotopic (exact) mass is 1260 g/mol. The number of carbonyl (C=O) groups excluding carboxylic acids is 11. The average molecular weight is 1260 g/mol. The highest BCUT2D eigenvalue weighted by Crippen LogP contribution is 2.20. The number of aromatic nitrogens is 1. The van der Waals surface area contributed by atoms with Gasteiger partial charge in [-0.3, -0.25) is 52.7 Å². The smallest absolute Gasteiger partial charge is 0.245 e. The van der Waals surface area contributed by atoms with Crippen molar-refractivity contribution in [3.63, 3.8) is 0 Å². The van der Waals surface area contributed by atoms with Crippen molar-refractivity contribution in [2.24, 2.45) is 28.7 Å². The van der Waals surface area contributed by atoms with Gasteiger partial charge in [-0.1, -0.05) is 81.1 Å². The number of aliphatic hydroxyl groups excluding tert-OH is 2. The zero-order valence-electron chi connectivity index (χ0n) is 51.6. The van der Waals surface area contributed by atoms with Crippen LogP contribution >= 0.6 is 0 Å². The number of H-pyrrole nitrogens is 1. The molecule has 0 unspecified atom stereocenters. The number of carbonyl (C=O) groups is 11. The molecule has 90 heavy (non-hydrogen) atoms. The number of hydrogen-bond acceptors (Lipinski definition) is 18. The van der Waals surface area contributed by atoms with Gasteiger partial charge in [-0.2, -0.15) is 0 Å². The third kappa shape index (κ3) is 24.0. The fourth-order valence-electron chi connectivity index (χ4n) is 10.1. The molecule has 3 aromatic rings. The Morgan fingerprint density at radius 3 is 1.62 bits per heavy atom. The molecule has 2 aromatic carbocycles. The summed E-state index contributed by atoms with van der Waals surface area (Å²) in [5.41, 5.74) is 31.4. The molecule has 30 heteroatoms. The molecule has 1 aliphatic heterocycles. The first kappa shape index (κ1) is 74.3. The maximum Gasteiger partial charge on any atom is 0.245 e. The summed E-state index contributed by atoms with van der Waals surface area (Å²) in [5, 5.41) is 50.7. The molecule has 0 saturated carbocycles. The van der Waals surface area contributed by atoms with Gasteiger partial charge in [-0.15, -0.1) is 0 Å². The van der Waals surface area contributed by atoms with Gasteiger partial charge in [0.1, 0.15) is 60.4 Å². The minimum atomic E-state index is -1.71. The molecule has 0 bridgehead atoms. The number of unbranched alkanes of at least 4 members (excludes halogenated alkanes) is 4. The Kier molecular flexibility index (Phi) is 32.3. The first-order valence-corrected chi connectivity index (χ1v) is 30.9. The van der Waals surface area contributed by atoms with Crippen molar-refractivity contribution in [3.8, 4) is 0 Å². The molecular weight excluding hydrogens is 1170 g/mol. The highest BCUT2D eigenvalue weighted by atomic mass is 16.3. The molecule has 11 amide bonds. The zero-order chi connectivity index (χ0) is 66.3. The second-order valence-electron chi connectivity index (χ2n) is 22.4. The van der Waals surface area contributed by atoms with Gasteiger partial charge in [-0.25, -0.2) is 0 Å². The average Bonchev–Trinajstić information content (AvgIpc) is 1.73. The largest absolute Gasteiger partial charge is 0.391 e. The molecule has 2 heterocycles. The second-order valence-corrected chi connectivity index (χ2v) is 22.4. The van der Waals surface area contributed by atoms with Crippen molar-refractivity contribution in [3.05, 3.63) is 71.9 Å². The highest BCUT2D eigenvalue weighted by molar-refractivity contribution is 5.99. The van der Waals surface area contributed by atoms with Gasteiger partial charge in [0.15, 0.2) is 0 Å². The van der Waals surface area contributed by atoms with Crippen molar-refractivity contribution in [1.29, 1.82) is 0 Å². The number of rotatable bonds is 29. The topological polar surface area (TPSA) is 506 Å². The van der Waals surface area contributed by atoms with E-state index in [1.165, 1.54) is 13.8 Å². The predicted octanol–water partition coefficient (Wildman–Crippen LogP) is -4.81. The molecule has 1 aromatic heterocycles. The molecule has 30 nitrogen and oxygen atoms in total. The van der Waals surface area contributed by atoms with E-state index in [0.717, 1.165) is 25.7 Å². The van der Waals surface area contributed by atoms with Crippen LogP contribution < -0.4 is 87.2 Å². The number of hydrogen-bond donors (Lipinski definition) is 19. The summed E-state index contributed by atoms with van der Waals surface area (Å²) in [6, 6.07) is 0.553. The number of aliphatic hydroxyl groups is 2. The van der Waals surface area contributed by atoms with E-state index in [2.05, 4.69) is 70.4 Å². The predicted molar refractivity (Wildman–Crippen MR) is 334 cm³/mol. The lowest BCUT2D eigenvalue weighted by Gasteiger charge is -2.28. The van der Waals surface area contributed by atoms with Crippen molar-refractivity contribution in [1.82, 2.24) is 63.5 Å². The van der Waals surface area contributed by atoms with E-state index in [1.807, 2.05) is 0 Å². The minimum absolute atomic E-state index is 0.0196. The van der Waals surface area contributed by atoms with Crippen molar-refractivity contribution in [2.45, 2.75) is 183 Å². The maximum atomic E-state index is 14.8. The lowest BCUT2D eigenvalue weighted by molar-refractivity contribution is -0.137. The van der Waals surface area contributed by atoms with Crippen LogP contribution in [0.25, 0.3) is 10.9 Å². The van der Waals surface area contributed by atoms with E-state index in [1.54, 1.807) is 60.8 Å². The fraction of sp³-hybridized carbons (Fsp3) is 0.583. The number of nitrogens with one attached hydrogen (secondary N) is 12. The first-order valence-electron chi connectivity index (χ1n) is 30.9. The third-order valence-electron chi connectivity index (χ3n) is 15.1. The summed E-state index contributed by atoms with van der Waals surface area (Å²) in [7, 11) is 0. The lowest BCUT2D eigenvalue weighted by Crippen LogP contribution is -2.62. The zero-order valence-corrected chi connectivity index (χ0v) is 51.6. The Balaban J connectivity index is 1.75. The molecule has 498 valence electrons. The quantitative estimate of drug-likeness (QED) is 0.0290. The second kappa shape index (κ2) is 39.1. The van der Waals surface area contributed by atoms with Gasteiger partial charge >= 0.3 is 0 Å². The molecule has 0 aliphatic carbocycles. The summed E-state index contributed by atoms with van der Waals surface area (Å²) in [6.45, 7) is 3.21. The fourth-order valence-corrected chi connectivity index (χ4v) is 10.1. The summed E-state index contributed by atoms with van der Waals surface area (Å²) >= 11 is 0. The number of para-hydroxylation sites is 1. The van der Waals surface area contributed by atoms with Crippen LogP contribution in [0.1, 0.15) is 109 Å². The number of benzene rings is 2. The van der Waals surface area contributed by atoms with Gasteiger partial charge in [0.05, 0.1) is 12.2 Å². The maximum absolute atomic E-state index is 14.8. The van der Waals surface area contributed by atoms with Crippen LogP contribution in [-0.4, -0.2) is 192 Å². The Bertz CT molecular complexity index is 2840. The Labute approximate surface area is 523 Å². The van der Waals surface area contributed by atoms with Crippen molar-refractivity contribution < 1.29 is 63.0 Å². The number of fused-ring (bicyclic) bond motifs is 1. The Hall–Kier alpha value is -8.13. The number of amides is 11. The number of aromatic amines is 1. The standard InChI is InChI=1S/C60H95N17O13/c1-4-5-6-7-11-18-48(80)68-40(19-25-61)55(85)77-50(35(3)79)60(90)73-43(22-28-64)52(82)72-45-24-30-66-59(89)49(34(2)78)76-56(86)44(23-29-65)70-51(81)41(20-26-62)71-58(88)47(32-37-33-67-39-17-13-12-16-38(37)39)75-57(87)46(31-36-14-9-8-10-15-36)74-53(83)42(21-27-63)69-54(45)84/h8-10,12-17,33-35,40-47,49-50,67,78-79H,4-7,11,18-32,61-65H2,1-3H3,(H,66,89)(H,68,80)(H,69,84)(H,70,81)(H,71,88)(H,72,82)(H,73,90)(H,74,83)(H,75,87)(H,76,86)(H,77,85)/t34-,35-,40+,41+,42+,43+,44+,45+,46-,47+,49+,50+/m1/s1. The van der Waals surface area contributed by atoms with E-state index in [9.17, 15) is 63.0 Å². The van der Waals surface area contributed by atoms with Crippen LogP contribution in [-0.2, 0) is 65.6 Å². The lowest BCUT2D eigenvalue weighted by atomic mass is 10.0. The Morgan fingerprint density at radius 2 is 1.07 bits per heavy atom. The Morgan fingerprint density at radius 1 is 0.556 bits per heavy atom. The van der Waals surface area contributed by atoms with Gasteiger partial charge in [-0.05, 0) is 109 Å². The number of nitrogens with two attached hydrogens (primary N) is 5. The highest BCUT2D eigenvalue weighted by Gasteiger charge is 2.38. The van der Waals surface area contributed by atoms with Crippen molar-refractivity contribution >= 4 is 75.9 Å². The van der Waals surface area contributed by atoms with Gasteiger partial charge in [0.25, 0.3) is 0 Å². The molecule has 24 N–H and O–H groups in total. The third-order valence-corrected chi connectivity index (χ3v) is 15.1. The van der Waals surface area contributed by atoms with E-state index in [-0.39, 0.29) is 84.1 Å². The van der Waals surface area contributed by atoms with Gasteiger partial charge in [0, 0.05) is 42.9 Å².